The minimum Gasteiger partial charge on any atom is -0.481 e. The van der Waals surface area contributed by atoms with Gasteiger partial charge in [-0.2, -0.15) is 0 Å². The van der Waals surface area contributed by atoms with Gasteiger partial charge in [0, 0.05) is 5.38 Å². The van der Waals surface area contributed by atoms with Crippen LogP contribution in [0.5, 0.6) is 0 Å². The van der Waals surface area contributed by atoms with Crippen molar-refractivity contribution in [2.45, 2.75) is 30.9 Å². The van der Waals surface area contributed by atoms with Crippen molar-refractivity contribution in [3.63, 3.8) is 0 Å². The molecule has 5 nitrogen and oxygen atoms in total. The van der Waals surface area contributed by atoms with Gasteiger partial charge in [-0.25, -0.2) is 4.98 Å². The van der Waals surface area contributed by atoms with Crippen LogP contribution in [0.1, 0.15) is 25.5 Å². The third-order valence-electron chi connectivity index (χ3n) is 2.80. The molecule has 0 bridgehead atoms. The molecule has 1 aromatic rings. The van der Waals surface area contributed by atoms with E-state index in [0.29, 0.717) is 10.8 Å². The van der Waals surface area contributed by atoms with Crippen LogP contribution in [0.3, 0.4) is 0 Å². The first-order chi connectivity index (χ1) is 8.49. The van der Waals surface area contributed by atoms with Crippen LogP contribution in [-0.2, 0) is 16.0 Å². The SMILES string of the molecule is CC1(C(=O)Nc2nc(CC(=O)O)cs2)CCCS1. The molecule has 1 saturated heterocycles. The lowest BCUT2D eigenvalue weighted by molar-refractivity contribution is -0.136. The Morgan fingerprint density at radius 3 is 3.00 bits per heavy atom. The van der Waals surface area contributed by atoms with Gasteiger partial charge in [0.05, 0.1) is 16.9 Å². The number of aromatic nitrogens is 1. The molecule has 2 N–H and O–H groups in total. The second-order valence-electron chi connectivity index (χ2n) is 4.35. The predicted molar refractivity (Wildman–Crippen MR) is 72.2 cm³/mol. The molecular weight excluding hydrogens is 272 g/mol. The van der Waals surface area contributed by atoms with Crippen molar-refractivity contribution < 1.29 is 14.7 Å². The second-order valence-corrected chi connectivity index (χ2v) is 6.81. The smallest absolute Gasteiger partial charge is 0.309 e. The van der Waals surface area contributed by atoms with Crippen molar-refractivity contribution >= 4 is 40.1 Å². The number of hydrogen-bond acceptors (Lipinski definition) is 5. The summed E-state index contributed by atoms with van der Waals surface area (Å²) in [7, 11) is 0. The molecule has 0 aliphatic carbocycles. The Morgan fingerprint density at radius 2 is 2.39 bits per heavy atom. The van der Waals surface area contributed by atoms with Gasteiger partial charge in [0.15, 0.2) is 5.13 Å². The zero-order valence-corrected chi connectivity index (χ0v) is 11.6. The number of carboxylic acids is 1. The highest BCUT2D eigenvalue weighted by Gasteiger charge is 2.37. The van der Waals surface area contributed by atoms with Crippen LogP contribution in [0.15, 0.2) is 5.38 Å². The van der Waals surface area contributed by atoms with Gasteiger partial charge in [0.2, 0.25) is 5.91 Å². The number of aliphatic carboxylic acids is 1. The standard InChI is InChI=1S/C11H14N2O3S2/c1-11(3-2-4-18-11)9(16)13-10-12-7(6-17-10)5-8(14)15/h6H,2-5H2,1H3,(H,14,15)(H,12,13,16). The van der Waals surface area contributed by atoms with E-state index in [-0.39, 0.29) is 17.1 Å². The zero-order valence-electron chi connectivity index (χ0n) is 9.93. The Kier molecular flexibility index (Phi) is 3.91. The molecule has 2 heterocycles. The summed E-state index contributed by atoms with van der Waals surface area (Å²) in [6.07, 6.45) is 1.81. The van der Waals surface area contributed by atoms with E-state index in [9.17, 15) is 9.59 Å². The first-order valence-electron chi connectivity index (χ1n) is 5.61. The quantitative estimate of drug-likeness (QED) is 0.885. The van der Waals surface area contributed by atoms with Gasteiger partial charge < -0.3 is 10.4 Å². The third-order valence-corrected chi connectivity index (χ3v) is 5.13. The van der Waals surface area contributed by atoms with Crippen molar-refractivity contribution in [1.82, 2.24) is 4.98 Å². The average Bonchev–Trinajstić information content (AvgIpc) is 2.88. The molecule has 2 rings (SSSR count). The van der Waals surface area contributed by atoms with Crippen LogP contribution in [0.2, 0.25) is 0 Å². The summed E-state index contributed by atoms with van der Waals surface area (Å²) in [5.41, 5.74) is 0.479. The Morgan fingerprint density at radius 1 is 1.61 bits per heavy atom. The summed E-state index contributed by atoms with van der Waals surface area (Å²) < 4.78 is -0.376. The number of rotatable bonds is 4. The Hall–Kier alpha value is -1.08. The van der Waals surface area contributed by atoms with E-state index in [1.807, 2.05) is 6.92 Å². The van der Waals surface area contributed by atoms with E-state index in [1.54, 1.807) is 17.1 Å². The van der Waals surface area contributed by atoms with Crippen LogP contribution in [-0.4, -0.2) is 32.5 Å². The third kappa shape index (κ3) is 3.02. The lowest BCUT2D eigenvalue weighted by atomic mass is 10.1. The maximum Gasteiger partial charge on any atom is 0.309 e. The molecule has 1 atom stereocenters. The van der Waals surface area contributed by atoms with Crippen LogP contribution < -0.4 is 5.32 Å². The Labute approximate surface area is 113 Å². The second kappa shape index (κ2) is 5.27. The molecule has 1 aliphatic rings. The maximum atomic E-state index is 12.1. The number of carbonyl (C=O) groups excluding carboxylic acids is 1. The molecule has 1 fully saturated rings. The normalized spacial score (nSPS) is 22.9. The topological polar surface area (TPSA) is 79.3 Å². The van der Waals surface area contributed by atoms with Gasteiger partial charge >= 0.3 is 5.97 Å². The zero-order chi connectivity index (χ0) is 13.2. The highest BCUT2D eigenvalue weighted by Crippen LogP contribution is 2.38. The summed E-state index contributed by atoms with van der Waals surface area (Å²) in [6, 6.07) is 0. The number of thiazole rings is 1. The van der Waals surface area contributed by atoms with Gasteiger partial charge in [0.25, 0.3) is 0 Å². The van der Waals surface area contributed by atoms with Gasteiger partial charge in [-0.1, -0.05) is 0 Å². The summed E-state index contributed by atoms with van der Waals surface area (Å²) >= 11 is 2.92. The highest BCUT2D eigenvalue weighted by atomic mass is 32.2. The molecule has 0 radical (unpaired) electrons. The summed E-state index contributed by atoms with van der Waals surface area (Å²) in [5, 5.41) is 13.6. The van der Waals surface area contributed by atoms with Crippen molar-refractivity contribution in [1.29, 1.82) is 0 Å². The molecule has 1 aliphatic heterocycles. The van der Waals surface area contributed by atoms with Crippen LogP contribution >= 0.6 is 23.1 Å². The number of carboxylic acid groups (broad SMARTS) is 1. The summed E-state index contributed by atoms with van der Waals surface area (Å²) in [6.45, 7) is 1.94. The van der Waals surface area contributed by atoms with Crippen LogP contribution in [0, 0.1) is 0 Å². The highest BCUT2D eigenvalue weighted by molar-refractivity contribution is 8.01. The Balaban J connectivity index is 1.99. The summed E-state index contributed by atoms with van der Waals surface area (Å²) in [5.74, 6) is 0.0456. The van der Waals surface area contributed by atoms with Gasteiger partial charge in [-0.05, 0) is 25.5 Å². The minimum atomic E-state index is -0.920. The molecule has 1 unspecified atom stereocenters. The van der Waals surface area contributed by atoms with E-state index in [2.05, 4.69) is 10.3 Å². The van der Waals surface area contributed by atoms with E-state index in [0.717, 1.165) is 18.6 Å². The fourth-order valence-corrected chi connectivity index (χ4v) is 3.70. The van der Waals surface area contributed by atoms with Gasteiger partial charge in [0.1, 0.15) is 0 Å². The number of carbonyl (C=O) groups is 2. The van der Waals surface area contributed by atoms with Gasteiger partial charge in [-0.3, -0.25) is 9.59 Å². The minimum absolute atomic E-state index is 0.0405. The largest absolute Gasteiger partial charge is 0.481 e. The summed E-state index contributed by atoms with van der Waals surface area (Å²) in [4.78, 5) is 26.7. The lowest BCUT2D eigenvalue weighted by Crippen LogP contribution is -2.34. The molecule has 1 aromatic heterocycles. The molecule has 7 heteroatoms. The van der Waals surface area contributed by atoms with E-state index in [1.165, 1.54) is 11.3 Å². The molecule has 1 amide bonds. The Bertz CT molecular complexity index is 467. The fourth-order valence-electron chi connectivity index (χ4n) is 1.79. The fraction of sp³-hybridized carbons (Fsp3) is 0.545. The molecular formula is C11H14N2O3S2. The maximum absolute atomic E-state index is 12.1. The van der Waals surface area contributed by atoms with Gasteiger partial charge in [-0.15, -0.1) is 23.1 Å². The average molecular weight is 286 g/mol. The van der Waals surface area contributed by atoms with E-state index >= 15 is 0 Å². The number of anilines is 1. The molecule has 0 spiro atoms. The predicted octanol–water partition coefficient (Wildman–Crippen LogP) is 1.99. The molecule has 0 aromatic carbocycles. The van der Waals surface area contributed by atoms with Crippen molar-refractivity contribution in [2.75, 3.05) is 11.1 Å². The van der Waals surface area contributed by atoms with Crippen LogP contribution in [0.25, 0.3) is 0 Å². The number of thioether (sulfide) groups is 1. The van der Waals surface area contributed by atoms with Crippen molar-refractivity contribution in [3.8, 4) is 0 Å². The molecule has 0 saturated carbocycles. The number of nitrogens with one attached hydrogen (secondary N) is 1. The van der Waals surface area contributed by atoms with Crippen molar-refractivity contribution in [2.24, 2.45) is 0 Å². The lowest BCUT2D eigenvalue weighted by Gasteiger charge is -2.20. The van der Waals surface area contributed by atoms with E-state index < -0.39 is 5.97 Å². The number of amides is 1. The number of hydrogen-bond donors (Lipinski definition) is 2. The molecule has 98 valence electrons. The monoisotopic (exact) mass is 286 g/mol. The first kappa shape index (κ1) is 13.4. The van der Waals surface area contributed by atoms with Crippen LogP contribution in [0.4, 0.5) is 5.13 Å². The van der Waals surface area contributed by atoms with E-state index in [4.69, 9.17) is 5.11 Å². The van der Waals surface area contributed by atoms with Crippen molar-refractivity contribution in [3.05, 3.63) is 11.1 Å². The number of nitrogens with zero attached hydrogens (tertiary/aromatic N) is 1. The first-order valence-corrected chi connectivity index (χ1v) is 7.48. The molecule has 18 heavy (non-hydrogen) atoms.